The Balaban J connectivity index is 2.06. The van der Waals surface area contributed by atoms with Gasteiger partial charge in [0.15, 0.2) is 0 Å². The molecule has 0 aromatic carbocycles. The van der Waals surface area contributed by atoms with E-state index in [9.17, 15) is 0 Å². The van der Waals surface area contributed by atoms with Gasteiger partial charge in [-0.2, -0.15) is 5.10 Å². The second kappa shape index (κ2) is 6.33. The van der Waals surface area contributed by atoms with Crippen molar-refractivity contribution < 1.29 is 4.74 Å². The van der Waals surface area contributed by atoms with Crippen LogP contribution < -0.4 is 5.32 Å². The van der Waals surface area contributed by atoms with Gasteiger partial charge < -0.3 is 10.1 Å². The van der Waals surface area contributed by atoms with Crippen molar-refractivity contribution in [2.24, 2.45) is 0 Å². The minimum absolute atomic E-state index is 0.761. The highest BCUT2D eigenvalue weighted by Gasteiger charge is 1.93. The predicted molar refractivity (Wildman–Crippen MR) is 59.7 cm³/mol. The molecule has 0 unspecified atom stereocenters. The van der Waals surface area contributed by atoms with Crippen LogP contribution >= 0.6 is 22.6 Å². The summed E-state index contributed by atoms with van der Waals surface area (Å²) >= 11 is 2.25. The lowest BCUT2D eigenvalue weighted by Crippen LogP contribution is -2.23. The van der Waals surface area contributed by atoms with Crippen molar-refractivity contribution in [3.8, 4) is 0 Å². The zero-order valence-electron chi connectivity index (χ0n) is 7.66. The van der Waals surface area contributed by atoms with E-state index in [0.717, 1.165) is 26.2 Å². The van der Waals surface area contributed by atoms with Crippen molar-refractivity contribution in [1.82, 2.24) is 15.1 Å². The van der Waals surface area contributed by atoms with Crippen molar-refractivity contribution in [3.05, 3.63) is 16.0 Å². The van der Waals surface area contributed by atoms with E-state index in [1.165, 1.54) is 3.57 Å². The lowest BCUT2D eigenvalue weighted by Gasteiger charge is -2.03. The molecule has 0 amide bonds. The first-order chi connectivity index (χ1) is 6.33. The summed E-state index contributed by atoms with van der Waals surface area (Å²) in [6, 6.07) is 0. The molecule has 0 fully saturated rings. The van der Waals surface area contributed by atoms with Crippen LogP contribution in [0.25, 0.3) is 0 Å². The Morgan fingerprint density at radius 2 is 2.46 bits per heavy atom. The zero-order valence-corrected chi connectivity index (χ0v) is 9.82. The molecule has 0 saturated carbocycles. The van der Waals surface area contributed by atoms with Crippen molar-refractivity contribution in [1.29, 1.82) is 0 Å². The summed E-state index contributed by atoms with van der Waals surface area (Å²) in [6.07, 6.45) is 3.88. The Labute approximate surface area is 91.8 Å². The van der Waals surface area contributed by atoms with E-state index in [1.807, 2.05) is 17.1 Å². The van der Waals surface area contributed by atoms with E-state index in [2.05, 4.69) is 33.0 Å². The van der Waals surface area contributed by atoms with E-state index < -0.39 is 0 Å². The molecule has 74 valence electrons. The SMILES string of the molecule is COCCNCCn1cc(I)cn1. The number of hydrogen-bond donors (Lipinski definition) is 1. The Bertz CT molecular complexity index is 239. The van der Waals surface area contributed by atoms with E-state index in [4.69, 9.17) is 4.74 Å². The number of rotatable bonds is 6. The fourth-order valence-corrected chi connectivity index (χ4v) is 1.40. The van der Waals surface area contributed by atoms with Crippen molar-refractivity contribution >= 4 is 22.6 Å². The van der Waals surface area contributed by atoms with Crippen LogP contribution in [-0.4, -0.2) is 36.6 Å². The summed E-state index contributed by atoms with van der Waals surface area (Å²) in [6.45, 7) is 3.50. The summed E-state index contributed by atoms with van der Waals surface area (Å²) in [5, 5.41) is 7.43. The quantitative estimate of drug-likeness (QED) is 0.621. The molecule has 1 rings (SSSR count). The van der Waals surface area contributed by atoms with Gasteiger partial charge in [0, 0.05) is 26.4 Å². The lowest BCUT2D eigenvalue weighted by molar-refractivity contribution is 0.199. The van der Waals surface area contributed by atoms with Crippen LogP contribution in [0.2, 0.25) is 0 Å². The maximum Gasteiger partial charge on any atom is 0.0623 e. The minimum Gasteiger partial charge on any atom is -0.383 e. The molecular weight excluding hydrogens is 281 g/mol. The molecular formula is C8H14IN3O. The molecule has 1 heterocycles. The lowest BCUT2D eigenvalue weighted by atomic mass is 10.6. The molecule has 0 aliphatic heterocycles. The topological polar surface area (TPSA) is 39.1 Å². The highest BCUT2D eigenvalue weighted by atomic mass is 127. The van der Waals surface area contributed by atoms with Crippen molar-refractivity contribution in [2.75, 3.05) is 26.8 Å². The third kappa shape index (κ3) is 4.58. The second-order valence-electron chi connectivity index (χ2n) is 2.66. The van der Waals surface area contributed by atoms with Gasteiger partial charge in [0.1, 0.15) is 0 Å². The molecule has 0 spiro atoms. The molecule has 0 aliphatic carbocycles. The summed E-state index contributed by atoms with van der Waals surface area (Å²) in [4.78, 5) is 0. The number of methoxy groups -OCH3 is 1. The average molecular weight is 295 g/mol. The third-order valence-electron chi connectivity index (χ3n) is 1.60. The molecule has 1 aromatic heterocycles. The fourth-order valence-electron chi connectivity index (χ4n) is 0.953. The number of hydrogen-bond acceptors (Lipinski definition) is 3. The number of nitrogens with one attached hydrogen (secondary N) is 1. The van der Waals surface area contributed by atoms with Gasteiger partial charge in [-0.25, -0.2) is 0 Å². The van der Waals surface area contributed by atoms with Gasteiger partial charge in [-0.1, -0.05) is 0 Å². The molecule has 0 saturated heterocycles. The van der Waals surface area contributed by atoms with E-state index >= 15 is 0 Å². The van der Waals surface area contributed by atoms with E-state index in [1.54, 1.807) is 7.11 Å². The van der Waals surface area contributed by atoms with Gasteiger partial charge in [0.25, 0.3) is 0 Å². The van der Waals surface area contributed by atoms with Crippen LogP contribution in [0.15, 0.2) is 12.4 Å². The van der Waals surface area contributed by atoms with E-state index in [0.29, 0.717) is 0 Å². The number of aromatic nitrogens is 2. The molecule has 13 heavy (non-hydrogen) atoms. The first-order valence-electron chi connectivity index (χ1n) is 4.20. The first kappa shape index (κ1) is 10.9. The van der Waals surface area contributed by atoms with Gasteiger partial charge in [-0.05, 0) is 22.6 Å². The zero-order chi connectivity index (χ0) is 9.52. The van der Waals surface area contributed by atoms with Crippen molar-refractivity contribution in [2.45, 2.75) is 6.54 Å². The van der Waals surface area contributed by atoms with Crippen LogP contribution in [-0.2, 0) is 11.3 Å². The smallest absolute Gasteiger partial charge is 0.0623 e. The van der Waals surface area contributed by atoms with Crippen LogP contribution in [0.3, 0.4) is 0 Å². The number of halogens is 1. The largest absolute Gasteiger partial charge is 0.383 e. The summed E-state index contributed by atoms with van der Waals surface area (Å²) < 4.78 is 8.02. The highest BCUT2D eigenvalue weighted by Crippen LogP contribution is 1.99. The Hall–Kier alpha value is -0.140. The van der Waals surface area contributed by atoms with Crippen LogP contribution in [0.1, 0.15) is 0 Å². The van der Waals surface area contributed by atoms with Gasteiger partial charge in [0.05, 0.1) is 22.9 Å². The minimum atomic E-state index is 0.761. The molecule has 1 aromatic rings. The number of ether oxygens (including phenoxy) is 1. The Morgan fingerprint density at radius 1 is 1.62 bits per heavy atom. The van der Waals surface area contributed by atoms with Gasteiger partial charge in [-0.3, -0.25) is 4.68 Å². The summed E-state index contributed by atoms with van der Waals surface area (Å²) in [5.41, 5.74) is 0. The van der Waals surface area contributed by atoms with Crippen molar-refractivity contribution in [3.63, 3.8) is 0 Å². The average Bonchev–Trinajstić information content (AvgIpc) is 2.51. The van der Waals surface area contributed by atoms with Crippen LogP contribution in [0, 0.1) is 3.57 Å². The second-order valence-corrected chi connectivity index (χ2v) is 3.91. The van der Waals surface area contributed by atoms with Gasteiger partial charge in [0.2, 0.25) is 0 Å². The summed E-state index contributed by atoms with van der Waals surface area (Å²) in [5.74, 6) is 0. The van der Waals surface area contributed by atoms with Crippen LogP contribution in [0.5, 0.6) is 0 Å². The molecule has 5 heteroatoms. The Morgan fingerprint density at radius 3 is 3.08 bits per heavy atom. The monoisotopic (exact) mass is 295 g/mol. The number of nitrogens with zero attached hydrogens (tertiary/aromatic N) is 2. The summed E-state index contributed by atoms with van der Waals surface area (Å²) in [7, 11) is 1.71. The molecule has 1 N–H and O–H groups in total. The molecule has 4 nitrogen and oxygen atoms in total. The van der Waals surface area contributed by atoms with Gasteiger partial charge >= 0.3 is 0 Å². The first-order valence-corrected chi connectivity index (χ1v) is 5.28. The standard InChI is InChI=1S/C8H14IN3O/c1-13-5-3-10-2-4-12-7-8(9)6-11-12/h6-7,10H,2-5H2,1H3. The molecule has 0 atom stereocenters. The third-order valence-corrected chi connectivity index (χ3v) is 2.16. The molecule has 0 aliphatic rings. The van der Waals surface area contributed by atoms with Gasteiger partial charge in [-0.15, -0.1) is 0 Å². The molecule has 0 bridgehead atoms. The molecule has 0 radical (unpaired) electrons. The predicted octanol–water partition coefficient (Wildman–Crippen LogP) is 0.724. The van der Waals surface area contributed by atoms with E-state index in [-0.39, 0.29) is 0 Å². The van der Waals surface area contributed by atoms with Crippen LogP contribution in [0.4, 0.5) is 0 Å². The highest BCUT2D eigenvalue weighted by molar-refractivity contribution is 14.1. The Kier molecular flexibility index (Phi) is 5.33. The normalized spacial score (nSPS) is 10.6. The maximum atomic E-state index is 4.91. The maximum absolute atomic E-state index is 4.91. The fraction of sp³-hybridized carbons (Fsp3) is 0.625.